The predicted molar refractivity (Wildman–Crippen MR) is 80.9 cm³/mol. The molecule has 0 amide bonds. The normalized spacial score (nSPS) is 11.0. The highest BCUT2D eigenvalue weighted by atomic mass is 35.5. The second-order valence-electron chi connectivity index (χ2n) is 4.40. The summed E-state index contributed by atoms with van der Waals surface area (Å²) >= 11 is 11.8. The standard InChI is InChI=1S/C14H8Cl2N2O3/c15-9-3-2-8(6-10(9)16)18-12-4-1-7(13(19)20)5-11(12)17-14(18)21/h1-6H,(H,17,21)(H,19,20). The molecule has 2 aromatic carbocycles. The van der Waals surface area contributed by atoms with E-state index in [0.29, 0.717) is 26.8 Å². The summed E-state index contributed by atoms with van der Waals surface area (Å²) in [4.78, 5) is 25.7. The molecule has 0 atom stereocenters. The predicted octanol–water partition coefficient (Wildman–Crippen LogP) is 3.32. The molecule has 0 unspecified atom stereocenters. The third-order valence-corrected chi connectivity index (χ3v) is 3.83. The summed E-state index contributed by atoms with van der Waals surface area (Å²) < 4.78 is 1.41. The average Bonchev–Trinajstić information content (AvgIpc) is 2.76. The van der Waals surface area contributed by atoms with Gasteiger partial charge in [-0.2, -0.15) is 0 Å². The molecule has 1 aromatic heterocycles. The first kappa shape index (κ1) is 13.7. The Bertz CT molecular complexity index is 928. The van der Waals surface area contributed by atoms with E-state index in [-0.39, 0.29) is 11.3 Å². The molecule has 7 heteroatoms. The number of rotatable bonds is 2. The Hall–Kier alpha value is -2.24. The van der Waals surface area contributed by atoms with Crippen LogP contribution >= 0.6 is 23.2 Å². The fourth-order valence-corrected chi connectivity index (χ4v) is 2.42. The highest BCUT2D eigenvalue weighted by Gasteiger charge is 2.12. The van der Waals surface area contributed by atoms with Gasteiger partial charge in [-0.15, -0.1) is 0 Å². The van der Waals surface area contributed by atoms with Crippen LogP contribution in [0.1, 0.15) is 10.4 Å². The van der Waals surface area contributed by atoms with Crippen LogP contribution in [0.2, 0.25) is 10.0 Å². The lowest BCUT2D eigenvalue weighted by molar-refractivity contribution is 0.0697. The van der Waals surface area contributed by atoms with E-state index in [9.17, 15) is 9.59 Å². The number of hydrogen-bond donors (Lipinski definition) is 2. The van der Waals surface area contributed by atoms with Crippen molar-refractivity contribution in [1.82, 2.24) is 9.55 Å². The number of benzene rings is 2. The van der Waals surface area contributed by atoms with Crippen LogP contribution in [0.4, 0.5) is 0 Å². The van der Waals surface area contributed by atoms with E-state index in [4.69, 9.17) is 28.3 Å². The van der Waals surface area contributed by atoms with Gasteiger partial charge >= 0.3 is 11.7 Å². The Kier molecular flexibility index (Phi) is 3.23. The summed E-state index contributed by atoms with van der Waals surface area (Å²) in [5, 5.41) is 9.69. The second kappa shape index (κ2) is 4.95. The van der Waals surface area contributed by atoms with Gasteiger partial charge in [0.05, 0.1) is 32.3 Å². The highest BCUT2D eigenvalue weighted by molar-refractivity contribution is 6.42. The Morgan fingerprint density at radius 2 is 1.86 bits per heavy atom. The SMILES string of the molecule is O=C(O)c1ccc2c(c1)[nH]c(=O)n2-c1ccc(Cl)c(Cl)c1. The minimum atomic E-state index is -1.06. The summed E-state index contributed by atoms with van der Waals surface area (Å²) in [6.07, 6.45) is 0. The van der Waals surface area contributed by atoms with Crippen LogP contribution in [0.25, 0.3) is 16.7 Å². The maximum absolute atomic E-state index is 12.1. The van der Waals surface area contributed by atoms with Crippen molar-refractivity contribution in [2.75, 3.05) is 0 Å². The number of aromatic amines is 1. The van der Waals surface area contributed by atoms with Gasteiger partial charge in [0.25, 0.3) is 0 Å². The molecule has 5 nitrogen and oxygen atoms in total. The van der Waals surface area contributed by atoms with Crippen molar-refractivity contribution in [1.29, 1.82) is 0 Å². The molecule has 0 aliphatic heterocycles. The molecule has 0 radical (unpaired) electrons. The molecular weight excluding hydrogens is 315 g/mol. The molecule has 0 saturated carbocycles. The van der Waals surface area contributed by atoms with Crippen LogP contribution in [0.5, 0.6) is 0 Å². The van der Waals surface area contributed by atoms with Crippen LogP contribution in [-0.4, -0.2) is 20.6 Å². The van der Waals surface area contributed by atoms with Gasteiger partial charge in [0.15, 0.2) is 0 Å². The zero-order valence-corrected chi connectivity index (χ0v) is 11.9. The van der Waals surface area contributed by atoms with E-state index in [0.717, 1.165) is 0 Å². The Morgan fingerprint density at radius 1 is 1.10 bits per heavy atom. The smallest absolute Gasteiger partial charge is 0.335 e. The lowest BCUT2D eigenvalue weighted by atomic mass is 10.2. The van der Waals surface area contributed by atoms with Gasteiger partial charge in [0, 0.05) is 0 Å². The molecule has 3 rings (SSSR count). The number of hydrogen-bond acceptors (Lipinski definition) is 2. The van der Waals surface area contributed by atoms with Crippen molar-refractivity contribution < 1.29 is 9.90 Å². The van der Waals surface area contributed by atoms with E-state index in [1.807, 2.05) is 0 Å². The van der Waals surface area contributed by atoms with Crippen LogP contribution in [0.3, 0.4) is 0 Å². The number of imidazole rings is 1. The van der Waals surface area contributed by atoms with Gasteiger partial charge < -0.3 is 10.1 Å². The van der Waals surface area contributed by atoms with Crippen molar-refractivity contribution in [2.45, 2.75) is 0 Å². The number of carbonyl (C=O) groups is 1. The van der Waals surface area contributed by atoms with Crippen LogP contribution < -0.4 is 5.69 Å². The summed E-state index contributed by atoms with van der Waals surface area (Å²) in [6, 6.07) is 9.24. The third-order valence-electron chi connectivity index (χ3n) is 3.09. The third kappa shape index (κ3) is 2.30. The van der Waals surface area contributed by atoms with Gasteiger partial charge in [-0.1, -0.05) is 23.2 Å². The number of aromatic nitrogens is 2. The van der Waals surface area contributed by atoms with Crippen molar-refractivity contribution in [3.63, 3.8) is 0 Å². The molecule has 3 aromatic rings. The zero-order chi connectivity index (χ0) is 15.1. The van der Waals surface area contributed by atoms with Crippen molar-refractivity contribution in [2.24, 2.45) is 0 Å². The molecule has 0 spiro atoms. The zero-order valence-electron chi connectivity index (χ0n) is 10.4. The lowest BCUT2D eigenvalue weighted by Crippen LogP contribution is -2.14. The molecule has 0 aliphatic rings. The Morgan fingerprint density at radius 3 is 2.52 bits per heavy atom. The quantitative estimate of drug-likeness (QED) is 0.759. The first-order valence-electron chi connectivity index (χ1n) is 5.91. The second-order valence-corrected chi connectivity index (χ2v) is 5.22. The summed E-state index contributed by atoms with van der Waals surface area (Å²) in [5.74, 6) is -1.06. The minimum Gasteiger partial charge on any atom is -0.478 e. The van der Waals surface area contributed by atoms with Crippen LogP contribution in [-0.2, 0) is 0 Å². The van der Waals surface area contributed by atoms with Crippen molar-refractivity contribution in [3.8, 4) is 5.69 Å². The molecule has 0 fully saturated rings. The number of carboxylic acid groups (broad SMARTS) is 1. The van der Waals surface area contributed by atoms with E-state index >= 15 is 0 Å². The number of nitrogens with one attached hydrogen (secondary N) is 1. The van der Waals surface area contributed by atoms with Gasteiger partial charge in [0.1, 0.15) is 0 Å². The molecule has 0 saturated heterocycles. The largest absolute Gasteiger partial charge is 0.478 e. The number of halogens is 2. The van der Waals surface area contributed by atoms with E-state index in [1.54, 1.807) is 24.3 Å². The highest BCUT2D eigenvalue weighted by Crippen LogP contribution is 2.25. The number of H-pyrrole nitrogens is 1. The summed E-state index contributed by atoms with van der Waals surface area (Å²) in [5.41, 5.74) is 1.26. The Balaban J connectivity index is 2.27. The molecular formula is C14H8Cl2N2O3. The van der Waals surface area contributed by atoms with Gasteiger partial charge in [-0.3, -0.25) is 4.57 Å². The molecule has 0 aliphatic carbocycles. The molecule has 1 heterocycles. The van der Waals surface area contributed by atoms with Crippen molar-refractivity contribution in [3.05, 3.63) is 62.5 Å². The van der Waals surface area contributed by atoms with E-state index in [1.165, 1.54) is 16.7 Å². The number of carboxylic acids is 1. The van der Waals surface area contributed by atoms with Gasteiger partial charge in [-0.05, 0) is 36.4 Å². The fraction of sp³-hybridized carbons (Fsp3) is 0. The van der Waals surface area contributed by atoms with Crippen molar-refractivity contribution >= 4 is 40.2 Å². The van der Waals surface area contributed by atoms with E-state index < -0.39 is 5.97 Å². The summed E-state index contributed by atoms with van der Waals surface area (Å²) in [7, 11) is 0. The number of fused-ring (bicyclic) bond motifs is 1. The Labute approximate surface area is 128 Å². The number of aromatic carboxylic acids is 1. The first-order valence-corrected chi connectivity index (χ1v) is 6.66. The van der Waals surface area contributed by atoms with Gasteiger partial charge in [0.2, 0.25) is 0 Å². The number of nitrogens with zero attached hydrogens (tertiary/aromatic N) is 1. The van der Waals surface area contributed by atoms with E-state index in [2.05, 4.69) is 4.98 Å². The molecule has 106 valence electrons. The minimum absolute atomic E-state index is 0.102. The van der Waals surface area contributed by atoms with Crippen LogP contribution in [0, 0.1) is 0 Å². The fourth-order valence-electron chi connectivity index (χ4n) is 2.13. The first-order chi connectivity index (χ1) is 9.97. The molecule has 2 N–H and O–H groups in total. The maximum Gasteiger partial charge on any atom is 0.335 e. The summed E-state index contributed by atoms with van der Waals surface area (Å²) in [6.45, 7) is 0. The molecule has 0 bridgehead atoms. The average molecular weight is 323 g/mol. The van der Waals surface area contributed by atoms with Gasteiger partial charge in [-0.25, -0.2) is 9.59 Å². The van der Waals surface area contributed by atoms with Crippen LogP contribution in [0.15, 0.2) is 41.2 Å². The topological polar surface area (TPSA) is 75.1 Å². The monoisotopic (exact) mass is 322 g/mol. The maximum atomic E-state index is 12.1. The lowest BCUT2D eigenvalue weighted by Gasteiger charge is -2.05. The molecule has 21 heavy (non-hydrogen) atoms.